The summed E-state index contributed by atoms with van der Waals surface area (Å²) < 4.78 is 0. The summed E-state index contributed by atoms with van der Waals surface area (Å²) in [4.78, 5) is 16.9. The van der Waals surface area contributed by atoms with Gasteiger partial charge in [-0.05, 0) is 38.5 Å². The summed E-state index contributed by atoms with van der Waals surface area (Å²) in [6.45, 7) is 6.54. The molecule has 0 radical (unpaired) electrons. The number of anilines is 3. The molecule has 0 bridgehead atoms. The van der Waals surface area contributed by atoms with Gasteiger partial charge in [0.05, 0.1) is 0 Å². The van der Waals surface area contributed by atoms with Crippen molar-refractivity contribution in [3.8, 4) is 0 Å². The van der Waals surface area contributed by atoms with Gasteiger partial charge in [0.2, 0.25) is 17.8 Å². The van der Waals surface area contributed by atoms with Crippen molar-refractivity contribution in [1.29, 1.82) is 0 Å². The molecule has 0 aliphatic heterocycles. The van der Waals surface area contributed by atoms with Crippen LogP contribution >= 0.6 is 0 Å². The molecule has 1 heterocycles. The molecule has 0 atom stereocenters. The highest BCUT2D eigenvalue weighted by Crippen LogP contribution is 2.24. The van der Waals surface area contributed by atoms with Crippen LogP contribution in [0.1, 0.15) is 104 Å². The topological polar surface area (TPSA) is 66.0 Å². The zero-order chi connectivity index (χ0) is 20.3. The van der Waals surface area contributed by atoms with Crippen molar-refractivity contribution in [2.45, 2.75) is 116 Å². The fourth-order valence-electron chi connectivity index (χ4n) is 4.50. The van der Waals surface area contributed by atoms with E-state index in [2.05, 4.69) is 29.4 Å². The van der Waals surface area contributed by atoms with Crippen molar-refractivity contribution >= 4 is 17.8 Å². The van der Waals surface area contributed by atoms with E-state index in [4.69, 9.17) is 15.0 Å². The van der Waals surface area contributed by atoms with Crippen molar-refractivity contribution in [3.63, 3.8) is 0 Å². The van der Waals surface area contributed by atoms with Crippen molar-refractivity contribution < 1.29 is 0 Å². The average molecular weight is 403 g/mol. The molecule has 29 heavy (non-hydrogen) atoms. The Hall–Kier alpha value is -1.59. The minimum absolute atomic E-state index is 0.501. The Morgan fingerprint density at radius 3 is 1.55 bits per heavy atom. The predicted octanol–water partition coefficient (Wildman–Crippen LogP) is 5.77. The molecule has 164 valence electrons. The van der Waals surface area contributed by atoms with Crippen LogP contribution in [0.5, 0.6) is 0 Å². The SMILES string of the molecule is CCCCN(CCCC)c1nc(NC2CCCCC2)nc(NC2CCCCC2)n1. The summed E-state index contributed by atoms with van der Waals surface area (Å²) >= 11 is 0. The Balaban J connectivity index is 1.78. The third-order valence-corrected chi connectivity index (χ3v) is 6.35. The monoisotopic (exact) mass is 402 g/mol. The first kappa shape index (κ1) is 22.1. The van der Waals surface area contributed by atoms with Crippen LogP contribution in [0.25, 0.3) is 0 Å². The summed E-state index contributed by atoms with van der Waals surface area (Å²) in [5.74, 6) is 2.37. The van der Waals surface area contributed by atoms with Crippen molar-refractivity contribution in [3.05, 3.63) is 0 Å². The van der Waals surface area contributed by atoms with Gasteiger partial charge in [-0.25, -0.2) is 0 Å². The first-order valence-corrected chi connectivity index (χ1v) is 12.3. The highest BCUT2D eigenvalue weighted by molar-refractivity contribution is 5.44. The predicted molar refractivity (Wildman–Crippen MR) is 123 cm³/mol. The molecule has 6 heteroatoms. The molecule has 6 nitrogen and oxygen atoms in total. The molecule has 0 saturated heterocycles. The van der Waals surface area contributed by atoms with Crippen LogP contribution in [0, 0.1) is 0 Å². The summed E-state index contributed by atoms with van der Waals surface area (Å²) in [5, 5.41) is 7.27. The van der Waals surface area contributed by atoms with E-state index in [1.54, 1.807) is 0 Å². The van der Waals surface area contributed by atoms with Crippen LogP contribution < -0.4 is 15.5 Å². The van der Waals surface area contributed by atoms with Gasteiger partial charge in [-0.15, -0.1) is 0 Å². The van der Waals surface area contributed by atoms with Crippen LogP contribution in [0.3, 0.4) is 0 Å². The lowest BCUT2D eigenvalue weighted by Crippen LogP contribution is -2.31. The van der Waals surface area contributed by atoms with E-state index in [9.17, 15) is 0 Å². The van der Waals surface area contributed by atoms with Gasteiger partial charge in [0.25, 0.3) is 0 Å². The fraction of sp³-hybridized carbons (Fsp3) is 0.870. The molecule has 0 amide bonds. The minimum Gasteiger partial charge on any atom is -0.351 e. The van der Waals surface area contributed by atoms with E-state index in [1.807, 2.05) is 0 Å². The quantitative estimate of drug-likeness (QED) is 0.490. The molecule has 3 rings (SSSR count). The standard InChI is InChI=1S/C23H42N6/c1-3-5-17-29(18-6-4-2)23-27-21(24-19-13-9-7-10-14-19)26-22(28-23)25-20-15-11-8-12-16-20/h19-20H,3-18H2,1-2H3,(H2,24,25,26,27,28). The number of rotatable bonds is 11. The first-order valence-electron chi connectivity index (χ1n) is 12.3. The number of unbranched alkanes of at least 4 members (excludes halogenated alkanes) is 2. The van der Waals surface area contributed by atoms with Crippen LogP contribution in [0.15, 0.2) is 0 Å². The number of nitrogens with one attached hydrogen (secondary N) is 2. The summed E-state index contributed by atoms with van der Waals surface area (Å²) in [7, 11) is 0. The normalized spacial score (nSPS) is 18.6. The number of hydrogen-bond acceptors (Lipinski definition) is 6. The molecule has 2 N–H and O–H groups in total. The van der Waals surface area contributed by atoms with E-state index in [0.29, 0.717) is 12.1 Å². The van der Waals surface area contributed by atoms with Gasteiger partial charge in [-0.1, -0.05) is 65.2 Å². The Morgan fingerprint density at radius 2 is 1.14 bits per heavy atom. The van der Waals surface area contributed by atoms with E-state index >= 15 is 0 Å². The molecular weight excluding hydrogens is 360 g/mol. The van der Waals surface area contributed by atoms with Crippen LogP contribution in [0.4, 0.5) is 17.8 Å². The maximum atomic E-state index is 4.88. The highest BCUT2D eigenvalue weighted by atomic mass is 15.3. The smallest absolute Gasteiger partial charge is 0.231 e. The molecule has 1 aromatic heterocycles. The fourth-order valence-corrected chi connectivity index (χ4v) is 4.50. The zero-order valence-corrected chi connectivity index (χ0v) is 18.8. The van der Waals surface area contributed by atoms with Gasteiger partial charge in [0.15, 0.2) is 0 Å². The average Bonchev–Trinajstić information content (AvgIpc) is 2.75. The first-order chi connectivity index (χ1) is 14.3. The maximum Gasteiger partial charge on any atom is 0.231 e. The summed E-state index contributed by atoms with van der Waals surface area (Å²) in [6.07, 6.45) is 17.6. The Bertz CT molecular complexity index is 534. The third kappa shape index (κ3) is 7.31. The lowest BCUT2D eigenvalue weighted by atomic mass is 9.96. The molecular formula is C23H42N6. The van der Waals surface area contributed by atoms with Gasteiger partial charge in [-0.2, -0.15) is 15.0 Å². The molecule has 2 fully saturated rings. The Labute approximate surface area is 177 Å². The van der Waals surface area contributed by atoms with Crippen LogP contribution in [-0.4, -0.2) is 40.1 Å². The van der Waals surface area contributed by atoms with Gasteiger partial charge in [0.1, 0.15) is 0 Å². The van der Waals surface area contributed by atoms with Gasteiger partial charge in [0, 0.05) is 25.2 Å². The van der Waals surface area contributed by atoms with Gasteiger partial charge >= 0.3 is 0 Å². The third-order valence-electron chi connectivity index (χ3n) is 6.35. The summed E-state index contributed by atoms with van der Waals surface area (Å²) in [6, 6.07) is 1.00. The molecule has 2 saturated carbocycles. The highest BCUT2D eigenvalue weighted by Gasteiger charge is 2.20. The lowest BCUT2D eigenvalue weighted by molar-refractivity contribution is 0.458. The van der Waals surface area contributed by atoms with Crippen molar-refractivity contribution in [2.24, 2.45) is 0 Å². The molecule has 2 aliphatic carbocycles. The minimum atomic E-state index is 0.501. The van der Waals surface area contributed by atoms with Gasteiger partial charge < -0.3 is 15.5 Å². The molecule has 0 spiro atoms. The Kier molecular flexibility index (Phi) is 9.29. The molecule has 2 aliphatic rings. The van der Waals surface area contributed by atoms with E-state index in [1.165, 1.54) is 89.9 Å². The van der Waals surface area contributed by atoms with Gasteiger partial charge in [-0.3, -0.25) is 0 Å². The van der Waals surface area contributed by atoms with Crippen LogP contribution in [-0.2, 0) is 0 Å². The largest absolute Gasteiger partial charge is 0.351 e. The number of hydrogen-bond donors (Lipinski definition) is 2. The van der Waals surface area contributed by atoms with Crippen LogP contribution in [0.2, 0.25) is 0 Å². The van der Waals surface area contributed by atoms with Crippen molar-refractivity contribution in [1.82, 2.24) is 15.0 Å². The lowest BCUT2D eigenvalue weighted by Gasteiger charge is -2.27. The van der Waals surface area contributed by atoms with E-state index in [-0.39, 0.29) is 0 Å². The molecule has 0 aromatic carbocycles. The zero-order valence-electron chi connectivity index (χ0n) is 18.8. The second-order valence-electron chi connectivity index (χ2n) is 8.94. The molecule has 0 unspecified atom stereocenters. The number of nitrogens with zero attached hydrogens (tertiary/aromatic N) is 4. The Morgan fingerprint density at radius 1 is 0.690 bits per heavy atom. The van der Waals surface area contributed by atoms with E-state index < -0.39 is 0 Å². The maximum absolute atomic E-state index is 4.88. The second kappa shape index (κ2) is 12.2. The number of aromatic nitrogens is 3. The van der Waals surface area contributed by atoms with E-state index in [0.717, 1.165) is 30.9 Å². The second-order valence-corrected chi connectivity index (χ2v) is 8.94. The molecule has 1 aromatic rings. The summed E-state index contributed by atoms with van der Waals surface area (Å²) in [5.41, 5.74) is 0. The van der Waals surface area contributed by atoms with Crippen molar-refractivity contribution in [2.75, 3.05) is 28.6 Å².